The maximum absolute atomic E-state index is 11.7. The predicted molar refractivity (Wildman–Crippen MR) is 76.4 cm³/mol. The highest BCUT2D eigenvalue weighted by Crippen LogP contribution is 2.27. The van der Waals surface area contributed by atoms with Gasteiger partial charge in [-0.3, -0.25) is 9.59 Å². The lowest BCUT2D eigenvalue weighted by Gasteiger charge is -2.15. The molecule has 1 rings (SSSR count). The fourth-order valence-electron chi connectivity index (χ4n) is 1.78. The van der Waals surface area contributed by atoms with Crippen LogP contribution in [0.2, 0.25) is 0 Å². The van der Waals surface area contributed by atoms with Crippen LogP contribution in [0.4, 0.5) is 0 Å². The normalized spacial score (nSPS) is 10.2. The Balaban J connectivity index is 2.61. The molecule has 110 valence electrons. The van der Waals surface area contributed by atoms with Gasteiger partial charge < -0.3 is 14.8 Å². The molecule has 1 N–H and O–H groups in total. The highest BCUT2D eigenvalue weighted by molar-refractivity contribution is 5.78. The Hall–Kier alpha value is -2.04. The van der Waals surface area contributed by atoms with E-state index in [9.17, 15) is 9.59 Å². The summed E-state index contributed by atoms with van der Waals surface area (Å²) >= 11 is 0. The molecule has 20 heavy (non-hydrogen) atoms. The molecular formula is C15H21NO4. The summed E-state index contributed by atoms with van der Waals surface area (Å²) in [4.78, 5) is 22.4. The highest BCUT2D eigenvalue weighted by atomic mass is 16.5. The Morgan fingerprint density at radius 2 is 2.00 bits per heavy atom. The van der Waals surface area contributed by atoms with Crippen LogP contribution in [0.15, 0.2) is 18.2 Å². The maximum atomic E-state index is 11.7. The monoisotopic (exact) mass is 279 g/mol. The summed E-state index contributed by atoms with van der Waals surface area (Å²) in [6, 6.07) is 4.98. The maximum Gasteiger partial charge on any atom is 0.258 e. The SMILES string of the molecule is CCC(CC)NC(=O)COc1ccc(C=O)cc1OC. The molecule has 0 fully saturated rings. The quantitative estimate of drug-likeness (QED) is 0.741. The molecular weight excluding hydrogens is 258 g/mol. The van der Waals surface area contributed by atoms with Gasteiger partial charge in [0.2, 0.25) is 0 Å². The van der Waals surface area contributed by atoms with E-state index in [1.807, 2.05) is 13.8 Å². The Morgan fingerprint density at radius 1 is 1.30 bits per heavy atom. The van der Waals surface area contributed by atoms with Gasteiger partial charge in [0.25, 0.3) is 5.91 Å². The van der Waals surface area contributed by atoms with Gasteiger partial charge in [-0.2, -0.15) is 0 Å². The van der Waals surface area contributed by atoms with E-state index in [0.717, 1.165) is 19.1 Å². The third-order valence-corrected chi connectivity index (χ3v) is 3.03. The molecule has 1 aromatic carbocycles. The van der Waals surface area contributed by atoms with E-state index >= 15 is 0 Å². The average Bonchev–Trinajstić information content (AvgIpc) is 2.50. The van der Waals surface area contributed by atoms with Gasteiger partial charge in [0, 0.05) is 11.6 Å². The molecule has 0 aliphatic carbocycles. The van der Waals surface area contributed by atoms with Crippen LogP contribution in [0.1, 0.15) is 37.0 Å². The number of nitrogens with one attached hydrogen (secondary N) is 1. The lowest BCUT2D eigenvalue weighted by atomic mass is 10.2. The van der Waals surface area contributed by atoms with Crippen LogP contribution in [0, 0.1) is 0 Å². The van der Waals surface area contributed by atoms with Crippen LogP contribution in [0.25, 0.3) is 0 Å². The number of aldehydes is 1. The van der Waals surface area contributed by atoms with Crippen molar-refractivity contribution in [1.82, 2.24) is 5.32 Å². The molecule has 5 heteroatoms. The van der Waals surface area contributed by atoms with E-state index < -0.39 is 0 Å². The standard InChI is InChI=1S/C15H21NO4/c1-4-12(5-2)16-15(18)10-20-13-7-6-11(9-17)8-14(13)19-3/h6-9,12H,4-5,10H2,1-3H3,(H,16,18). The van der Waals surface area contributed by atoms with Crippen LogP contribution in [0.5, 0.6) is 11.5 Å². The molecule has 0 aromatic heterocycles. The molecule has 0 saturated heterocycles. The summed E-state index contributed by atoms with van der Waals surface area (Å²) in [6.07, 6.45) is 2.51. The number of hydrogen-bond donors (Lipinski definition) is 1. The minimum Gasteiger partial charge on any atom is -0.493 e. The number of carbonyl (C=O) groups is 2. The zero-order chi connectivity index (χ0) is 15.0. The van der Waals surface area contributed by atoms with E-state index in [1.165, 1.54) is 7.11 Å². The lowest BCUT2D eigenvalue weighted by molar-refractivity contribution is -0.123. The largest absolute Gasteiger partial charge is 0.493 e. The third kappa shape index (κ3) is 4.57. The van der Waals surface area contributed by atoms with Gasteiger partial charge in [-0.05, 0) is 31.0 Å². The second-order valence-electron chi connectivity index (χ2n) is 4.40. The van der Waals surface area contributed by atoms with Crippen molar-refractivity contribution < 1.29 is 19.1 Å². The van der Waals surface area contributed by atoms with Gasteiger partial charge >= 0.3 is 0 Å². The van der Waals surface area contributed by atoms with Crippen molar-refractivity contribution >= 4 is 12.2 Å². The summed E-state index contributed by atoms with van der Waals surface area (Å²) < 4.78 is 10.6. The molecule has 0 saturated carbocycles. The van der Waals surface area contributed by atoms with E-state index in [1.54, 1.807) is 18.2 Å². The number of amides is 1. The van der Waals surface area contributed by atoms with Gasteiger partial charge in [-0.1, -0.05) is 13.8 Å². The average molecular weight is 279 g/mol. The van der Waals surface area contributed by atoms with Gasteiger partial charge in [-0.15, -0.1) is 0 Å². The molecule has 0 atom stereocenters. The summed E-state index contributed by atoms with van der Waals surface area (Å²) in [5.74, 6) is 0.711. The van der Waals surface area contributed by atoms with Crippen molar-refractivity contribution in [3.05, 3.63) is 23.8 Å². The van der Waals surface area contributed by atoms with E-state index in [-0.39, 0.29) is 18.6 Å². The first-order valence-electron chi connectivity index (χ1n) is 6.69. The summed E-state index contributed by atoms with van der Waals surface area (Å²) in [5.41, 5.74) is 0.496. The number of hydrogen-bond acceptors (Lipinski definition) is 4. The second-order valence-corrected chi connectivity index (χ2v) is 4.40. The topological polar surface area (TPSA) is 64.6 Å². The summed E-state index contributed by atoms with van der Waals surface area (Å²) in [7, 11) is 1.49. The fraction of sp³-hybridized carbons (Fsp3) is 0.467. The first-order valence-corrected chi connectivity index (χ1v) is 6.69. The molecule has 0 unspecified atom stereocenters. The molecule has 0 aliphatic heterocycles. The van der Waals surface area contributed by atoms with Crippen molar-refractivity contribution in [2.45, 2.75) is 32.7 Å². The number of rotatable bonds is 8. The first kappa shape index (κ1) is 16.0. The van der Waals surface area contributed by atoms with Crippen molar-refractivity contribution in [1.29, 1.82) is 0 Å². The van der Waals surface area contributed by atoms with E-state index in [0.29, 0.717) is 17.1 Å². The Bertz CT molecular complexity index is 455. The molecule has 1 amide bonds. The van der Waals surface area contributed by atoms with Crippen LogP contribution >= 0.6 is 0 Å². The molecule has 0 radical (unpaired) electrons. The Morgan fingerprint density at radius 3 is 2.55 bits per heavy atom. The molecule has 0 aliphatic rings. The number of benzene rings is 1. The number of ether oxygens (including phenoxy) is 2. The lowest BCUT2D eigenvalue weighted by Crippen LogP contribution is -2.37. The van der Waals surface area contributed by atoms with Gasteiger partial charge in [0.15, 0.2) is 18.1 Å². The molecule has 0 heterocycles. The molecule has 1 aromatic rings. The first-order chi connectivity index (χ1) is 9.64. The van der Waals surface area contributed by atoms with Crippen molar-refractivity contribution in [3.63, 3.8) is 0 Å². The minimum absolute atomic E-state index is 0.0761. The van der Waals surface area contributed by atoms with E-state index in [2.05, 4.69) is 5.32 Å². The minimum atomic E-state index is -0.166. The number of carbonyl (C=O) groups excluding carboxylic acids is 2. The van der Waals surface area contributed by atoms with Crippen LogP contribution < -0.4 is 14.8 Å². The predicted octanol–water partition coefficient (Wildman–Crippen LogP) is 2.19. The van der Waals surface area contributed by atoms with Crippen LogP contribution in [0.3, 0.4) is 0 Å². The van der Waals surface area contributed by atoms with Gasteiger partial charge in [0.1, 0.15) is 6.29 Å². The van der Waals surface area contributed by atoms with Crippen LogP contribution in [-0.2, 0) is 4.79 Å². The molecule has 0 spiro atoms. The van der Waals surface area contributed by atoms with Gasteiger partial charge in [0.05, 0.1) is 7.11 Å². The summed E-state index contributed by atoms with van der Waals surface area (Å²) in [5, 5.41) is 2.89. The molecule has 0 bridgehead atoms. The summed E-state index contributed by atoms with van der Waals surface area (Å²) in [6.45, 7) is 3.97. The Labute approximate surface area is 119 Å². The van der Waals surface area contributed by atoms with Gasteiger partial charge in [-0.25, -0.2) is 0 Å². The Kier molecular flexibility index (Phi) is 6.56. The van der Waals surface area contributed by atoms with Crippen LogP contribution in [-0.4, -0.2) is 32.0 Å². The zero-order valence-corrected chi connectivity index (χ0v) is 12.1. The zero-order valence-electron chi connectivity index (χ0n) is 12.1. The number of methoxy groups -OCH3 is 1. The van der Waals surface area contributed by atoms with Crippen molar-refractivity contribution in [3.8, 4) is 11.5 Å². The van der Waals surface area contributed by atoms with Crippen molar-refractivity contribution in [2.75, 3.05) is 13.7 Å². The molecule has 5 nitrogen and oxygen atoms in total. The van der Waals surface area contributed by atoms with E-state index in [4.69, 9.17) is 9.47 Å². The van der Waals surface area contributed by atoms with Crippen molar-refractivity contribution in [2.24, 2.45) is 0 Å². The highest BCUT2D eigenvalue weighted by Gasteiger charge is 2.11. The third-order valence-electron chi connectivity index (χ3n) is 3.03. The fourth-order valence-corrected chi connectivity index (χ4v) is 1.78. The second kappa shape index (κ2) is 8.19. The smallest absolute Gasteiger partial charge is 0.258 e.